The largest absolute Gasteiger partial charge is 0.497 e. The number of thioether (sulfide) groups is 1. The van der Waals surface area contributed by atoms with E-state index in [-0.39, 0.29) is 33.6 Å². The van der Waals surface area contributed by atoms with Gasteiger partial charge in [0.2, 0.25) is 5.91 Å². The summed E-state index contributed by atoms with van der Waals surface area (Å²) in [5, 5.41) is 21.1. The summed E-state index contributed by atoms with van der Waals surface area (Å²) < 4.78 is 10.3. The molecule has 8 nitrogen and oxygen atoms in total. The van der Waals surface area contributed by atoms with Crippen LogP contribution >= 0.6 is 11.8 Å². The summed E-state index contributed by atoms with van der Waals surface area (Å²) in [6.07, 6.45) is 0. The Bertz CT molecular complexity index is 918. The molecule has 26 heavy (non-hydrogen) atoms. The Labute approximate surface area is 154 Å². The van der Waals surface area contributed by atoms with Gasteiger partial charge in [-0.05, 0) is 18.2 Å². The average Bonchev–Trinajstić information content (AvgIpc) is 2.66. The van der Waals surface area contributed by atoms with Crippen molar-refractivity contribution in [2.75, 3.05) is 31.0 Å². The standard InChI is InChI=1S/C17H15N5O3S/c1-24-12-3-4-14(25-2)13(6-12)21-15(23)9-26-17-11(8-19)5-10(7-18)16(20)22-17/h3-6H,9H2,1-2H3,(H2,20,22)(H,21,23). The van der Waals surface area contributed by atoms with Crippen molar-refractivity contribution in [1.82, 2.24) is 4.98 Å². The lowest BCUT2D eigenvalue weighted by atomic mass is 10.2. The summed E-state index contributed by atoms with van der Waals surface area (Å²) in [6.45, 7) is 0. The molecular formula is C17H15N5O3S. The van der Waals surface area contributed by atoms with Gasteiger partial charge in [-0.1, -0.05) is 11.8 Å². The molecule has 2 rings (SSSR count). The quantitative estimate of drug-likeness (QED) is 0.740. The predicted molar refractivity (Wildman–Crippen MR) is 97.0 cm³/mol. The summed E-state index contributed by atoms with van der Waals surface area (Å²) in [5.74, 6) is 0.747. The van der Waals surface area contributed by atoms with Gasteiger partial charge >= 0.3 is 0 Å². The number of nitrogen functional groups attached to an aromatic ring is 1. The first-order valence-electron chi connectivity index (χ1n) is 7.27. The molecule has 0 radical (unpaired) electrons. The predicted octanol–water partition coefficient (Wildman–Crippen LogP) is 2.16. The molecule has 3 N–H and O–H groups in total. The smallest absolute Gasteiger partial charge is 0.234 e. The summed E-state index contributed by atoms with van der Waals surface area (Å²) in [7, 11) is 3.02. The molecule has 0 saturated carbocycles. The van der Waals surface area contributed by atoms with Crippen molar-refractivity contribution in [2.45, 2.75) is 5.03 Å². The lowest BCUT2D eigenvalue weighted by molar-refractivity contribution is -0.113. The Kier molecular flexibility index (Phi) is 6.25. The molecule has 0 unspecified atom stereocenters. The average molecular weight is 369 g/mol. The van der Waals surface area contributed by atoms with Crippen LogP contribution in [0.25, 0.3) is 0 Å². The van der Waals surface area contributed by atoms with E-state index in [1.54, 1.807) is 18.2 Å². The maximum absolute atomic E-state index is 12.2. The first-order valence-corrected chi connectivity index (χ1v) is 8.26. The van der Waals surface area contributed by atoms with Crippen molar-refractivity contribution in [2.24, 2.45) is 0 Å². The second kappa shape index (κ2) is 8.60. The number of nitrogens with two attached hydrogens (primary N) is 1. The van der Waals surface area contributed by atoms with Crippen molar-refractivity contribution >= 4 is 29.2 Å². The number of nitrogens with one attached hydrogen (secondary N) is 1. The molecule has 1 aromatic heterocycles. The van der Waals surface area contributed by atoms with E-state index in [1.807, 2.05) is 12.1 Å². The third-order valence-electron chi connectivity index (χ3n) is 3.28. The summed E-state index contributed by atoms with van der Waals surface area (Å²) in [4.78, 5) is 16.3. The maximum Gasteiger partial charge on any atom is 0.234 e. The van der Waals surface area contributed by atoms with E-state index in [4.69, 9.17) is 20.5 Å². The Balaban J connectivity index is 2.12. The number of rotatable bonds is 6. The van der Waals surface area contributed by atoms with E-state index in [2.05, 4.69) is 10.3 Å². The van der Waals surface area contributed by atoms with Crippen LogP contribution in [-0.4, -0.2) is 30.9 Å². The van der Waals surface area contributed by atoms with Gasteiger partial charge in [-0.25, -0.2) is 4.98 Å². The number of hydrogen-bond donors (Lipinski definition) is 2. The molecule has 2 aromatic rings. The Morgan fingerprint density at radius 1 is 1.23 bits per heavy atom. The minimum atomic E-state index is -0.324. The van der Waals surface area contributed by atoms with Gasteiger partial charge in [-0.3, -0.25) is 4.79 Å². The first kappa shape index (κ1) is 18.9. The number of carbonyl (C=O) groups excluding carboxylic acids is 1. The SMILES string of the molecule is COc1ccc(OC)c(NC(=O)CSc2nc(N)c(C#N)cc2C#N)c1. The summed E-state index contributed by atoms with van der Waals surface area (Å²) in [5.41, 5.74) is 6.44. The van der Waals surface area contributed by atoms with Gasteiger partial charge in [0.05, 0.1) is 36.8 Å². The van der Waals surface area contributed by atoms with Crippen molar-refractivity contribution in [3.8, 4) is 23.6 Å². The lowest BCUT2D eigenvalue weighted by Crippen LogP contribution is -2.15. The van der Waals surface area contributed by atoms with Crippen LogP contribution in [0.4, 0.5) is 11.5 Å². The molecule has 0 aliphatic carbocycles. The Hall–Kier alpha value is -3.43. The van der Waals surface area contributed by atoms with E-state index in [9.17, 15) is 10.1 Å². The molecule has 0 fully saturated rings. The molecule has 0 aliphatic rings. The molecule has 132 valence electrons. The summed E-state index contributed by atoms with van der Waals surface area (Å²) >= 11 is 1.05. The van der Waals surface area contributed by atoms with E-state index in [0.29, 0.717) is 17.2 Å². The van der Waals surface area contributed by atoms with E-state index >= 15 is 0 Å². The minimum Gasteiger partial charge on any atom is -0.497 e. The van der Waals surface area contributed by atoms with E-state index < -0.39 is 0 Å². The number of anilines is 2. The number of aromatic nitrogens is 1. The van der Waals surface area contributed by atoms with Crippen LogP contribution in [0.2, 0.25) is 0 Å². The van der Waals surface area contributed by atoms with E-state index in [1.165, 1.54) is 20.3 Å². The van der Waals surface area contributed by atoms with Crippen LogP contribution in [0.5, 0.6) is 11.5 Å². The summed E-state index contributed by atoms with van der Waals surface area (Å²) in [6, 6.07) is 10.2. The fourth-order valence-corrected chi connectivity index (χ4v) is 2.78. The zero-order valence-corrected chi connectivity index (χ0v) is 14.9. The number of carbonyl (C=O) groups is 1. The lowest BCUT2D eigenvalue weighted by Gasteiger charge is -2.12. The van der Waals surface area contributed by atoms with Gasteiger partial charge < -0.3 is 20.5 Å². The fourth-order valence-electron chi connectivity index (χ4n) is 2.02. The number of hydrogen-bond acceptors (Lipinski definition) is 8. The molecule has 0 bridgehead atoms. The van der Waals surface area contributed by atoms with Crippen LogP contribution in [0.1, 0.15) is 11.1 Å². The number of nitriles is 2. The monoisotopic (exact) mass is 369 g/mol. The van der Waals surface area contributed by atoms with Gasteiger partial charge in [0.25, 0.3) is 0 Å². The van der Waals surface area contributed by atoms with E-state index in [0.717, 1.165) is 11.8 Å². The highest BCUT2D eigenvalue weighted by Crippen LogP contribution is 2.29. The second-order valence-corrected chi connectivity index (χ2v) is 5.86. The molecular weight excluding hydrogens is 354 g/mol. The molecule has 0 spiro atoms. The number of benzene rings is 1. The van der Waals surface area contributed by atoms with Crippen molar-refractivity contribution < 1.29 is 14.3 Å². The second-order valence-electron chi connectivity index (χ2n) is 4.90. The maximum atomic E-state index is 12.2. The van der Waals surface area contributed by atoms with Gasteiger partial charge in [-0.15, -0.1) is 0 Å². The van der Waals surface area contributed by atoms with Crippen LogP contribution in [0, 0.1) is 22.7 Å². The normalized spacial score (nSPS) is 9.69. The van der Waals surface area contributed by atoms with Crippen molar-refractivity contribution in [3.05, 3.63) is 35.4 Å². The van der Waals surface area contributed by atoms with Gasteiger partial charge in [0, 0.05) is 6.07 Å². The third kappa shape index (κ3) is 4.35. The number of amides is 1. The highest BCUT2D eigenvalue weighted by atomic mass is 32.2. The molecule has 0 saturated heterocycles. The molecule has 9 heteroatoms. The van der Waals surface area contributed by atoms with Gasteiger partial charge in [0.1, 0.15) is 34.5 Å². The van der Waals surface area contributed by atoms with Gasteiger partial charge in [-0.2, -0.15) is 10.5 Å². The molecule has 1 aromatic carbocycles. The highest BCUT2D eigenvalue weighted by Gasteiger charge is 2.14. The minimum absolute atomic E-state index is 0.00656. The zero-order chi connectivity index (χ0) is 19.1. The molecule has 1 amide bonds. The fraction of sp³-hybridized carbons (Fsp3) is 0.176. The molecule has 0 atom stereocenters. The number of pyridine rings is 1. The topological polar surface area (TPSA) is 134 Å². The first-order chi connectivity index (χ1) is 12.5. The number of nitrogens with zero attached hydrogens (tertiary/aromatic N) is 3. The van der Waals surface area contributed by atoms with Gasteiger partial charge in [0.15, 0.2) is 0 Å². The number of methoxy groups -OCH3 is 2. The van der Waals surface area contributed by atoms with Crippen molar-refractivity contribution in [1.29, 1.82) is 10.5 Å². The Morgan fingerprint density at radius 3 is 2.58 bits per heavy atom. The van der Waals surface area contributed by atoms with Crippen LogP contribution in [-0.2, 0) is 4.79 Å². The molecule has 1 heterocycles. The van der Waals surface area contributed by atoms with Crippen LogP contribution in [0.15, 0.2) is 29.3 Å². The van der Waals surface area contributed by atoms with Crippen molar-refractivity contribution in [3.63, 3.8) is 0 Å². The Morgan fingerprint density at radius 2 is 1.96 bits per heavy atom. The third-order valence-corrected chi connectivity index (χ3v) is 4.27. The number of ether oxygens (including phenoxy) is 2. The highest BCUT2D eigenvalue weighted by molar-refractivity contribution is 8.00. The molecule has 0 aliphatic heterocycles. The zero-order valence-electron chi connectivity index (χ0n) is 14.1. The van der Waals surface area contributed by atoms with Crippen LogP contribution < -0.4 is 20.5 Å². The van der Waals surface area contributed by atoms with Crippen LogP contribution in [0.3, 0.4) is 0 Å².